The lowest BCUT2D eigenvalue weighted by Crippen LogP contribution is -2.03. The predicted molar refractivity (Wildman–Crippen MR) is 234 cm³/mol. The molecule has 8 aromatic rings. The van der Waals surface area contributed by atoms with E-state index in [2.05, 4.69) is 159 Å². The number of furan rings is 1. The van der Waals surface area contributed by atoms with Crippen LogP contribution < -0.4 is 0 Å². The van der Waals surface area contributed by atoms with Crippen molar-refractivity contribution in [1.82, 2.24) is 15.0 Å². The molecule has 0 radical (unpaired) electrons. The van der Waals surface area contributed by atoms with Crippen molar-refractivity contribution in [2.75, 3.05) is 0 Å². The maximum absolute atomic E-state index is 6.64. The van der Waals surface area contributed by atoms with Crippen molar-refractivity contribution in [3.8, 4) is 45.0 Å². The smallest absolute Gasteiger partial charge is 0.164 e. The van der Waals surface area contributed by atoms with Crippen LogP contribution in [0.2, 0.25) is 0 Å². The van der Waals surface area contributed by atoms with E-state index >= 15 is 0 Å². The lowest BCUT2D eigenvalue weighted by Gasteiger charge is -2.20. The van der Waals surface area contributed by atoms with E-state index in [4.69, 9.17) is 19.4 Å². The summed E-state index contributed by atoms with van der Waals surface area (Å²) in [6.45, 7) is 2.35. The first-order valence-electron chi connectivity index (χ1n) is 20.0. The van der Waals surface area contributed by atoms with E-state index in [1.54, 1.807) is 0 Å². The van der Waals surface area contributed by atoms with Crippen molar-refractivity contribution < 1.29 is 4.42 Å². The second-order valence-electron chi connectivity index (χ2n) is 15.3. The zero-order valence-corrected chi connectivity index (χ0v) is 31.7. The highest BCUT2D eigenvalue weighted by molar-refractivity contribution is 6.13. The predicted octanol–water partition coefficient (Wildman–Crippen LogP) is 13.9. The maximum Gasteiger partial charge on any atom is 0.164 e. The number of para-hydroxylation sites is 1. The van der Waals surface area contributed by atoms with Gasteiger partial charge in [-0.05, 0) is 99.5 Å². The van der Waals surface area contributed by atoms with Gasteiger partial charge >= 0.3 is 0 Å². The summed E-state index contributed by atoms with van der Waals surface area (Å²) in [5.41, 5.74) is 17.5. The van der Waals surface area contributed by atoms with E-state index < -0.39 is 0 Å². The van der Waals surface area contributed by atoms with Crippen LogP contribution in [0.15, 0.2) is 168 Å². The van der Waals surface area contributed by atoms with Gasteiger partial charge in [0.05, 0.1) is 0 Å². The van der Waals surface area contributed by atoms with Gasteiger partial charge in [0.15, 0.2) is 17.5 Å². The van der Waals surface area contributed by atoms with Crippen LogP contribution in [0, 0.1) is 0 Å². The number of fused-ring (bicyclic) bond motifs is 6. The molecule has 0 saturated heterocycles. The Kier molecular flexibility index (Phi) is 8.02. The summed E-state index contributed by atoms with van der Waals surface area (Å²) in [4.78, 5) is 15.4. The van der Waals surface area contributed by atoms with E-state index in [1.807, 2.05) is 12.1 Å². The molecule has 1 unspecified atom stereocenters. The first-order chi connectivity index (χ1) is 28.2. The van der Waals surface area contributed by atoms with Crippen LogP contribution >= 0.6 is 0 Å². The van der Waals surface area contributed by atoms with Crippen molar-refractivity contribution in [1.29, 1.82) is 0 Å². The molecule has 0 bridgehead atoms. The first-order valence-corrected chi connectivity index (χ1v) is 20.0. The molecule has 2 heterocycles. The SMILES string of the molecule is CC1c2ccccc2-c2cccc(C3=CC(c4cc(-c5nc(C6=CCCC=C6)nc(-c6ccc(-c7ccccc7)cc6)n5)cc5oc6ccccc6c45)=CCC3)c21. The van der Waals surface area contributed by atoms with Crippen LogP contribution in [0.4, 0.5) is 0 Å². The van der Waals surface area contributed by atoms with Gasteiger partial charge in [0.2, 0.25) is 0 Å². The lowest BCUT2D eigenvalue weighted by atomic mass is 9.84. The zero-order valence-electron chi connectivity index (χ0n) is 31.7. The van der Waals surface area contributed by atoms with Crippen LogP contribution in [0.1, 0.15) is 66.6 Å². The molecule has 1 atom stereocenters. The summed E-state index contributed by atoms with van der Waals surface area (Å²) in [6.07, 6.45) is 15.3. The number of rotatable bonds is 6. The third-order valence-corrected chi connectivity index (χ3v) is 11.9. The number of aromatic nitrogens is 3. The minimum absolute atomic E-state index is 0.339. The molecule has 3 aliphatic carbocycles. The third-order valence-electron chi connectivity index (χ3n) is 11.9. The van der Waals surface area contributed by atoms with E-state index in [0.717, 1.165) is 75.4 Å². The summed E-state index contributed by atoms with van der Waals surface area (Å²) in [5, 5.41) is 2.22. The second-order valence-corrected chi connectivity index (χ2v) is 15.3. The average molecular weight is 734 g/mol. The fourth-order valence-electron chi connectivity index (χ4n) is 9.12. The summed E-state index contributed by atoms with van der Waals surface area (Å²) in [6, 6.07) is 47.4. The maximum atomic E-state index is 6.64. The first kappa shape index (κ1) is 33.4. The monoisotopic (exact) mass is 733 g/mol. The van der Waals surface area contributed by atoms with Crippen molar-refractivity contribution >= 4 is 38.7 Å². The van der Waals surface area contributed by atoms with E-state index in [9.17, 15) is 0 Å². The fraction of sp³-hybridized carbons (Fsp3) is 0.113. The van der Waals surface area contributed by atoms with Gasteiger partial charge in [-0.2, -0.15) is 0 Å². The number of benzene rings is 6. The Morgan fingerprint density at radius 2 is 1.23 bits per heavy atom. The van der Waals surface area contributed by atoms with Gasteiger partial charge in [0, 0.05) is 33.4 Å². The highest BCUT2D eigenvalue weighted by atomic mass is 16.3. The van der Waals surface area contributed by atoms with Crippen molar-refractivity contribution in [2.24, 2.45) is 0 Å². The molecule has 0 saturated carbocycles. The molecule has 57 heavy (non-hydrogen) atoms. The molecule has 4 heteroatoms. The van der Waals surface area contributed by atoms with Crippen LogP contribution in [-0.4, -0.2) is 15.0 Å². The van der Waals surface area contributed by atoms with Gasteiger partial charge in [0.25, 0.3) is 0 Å². The Morgan fingerprint density at radius 3 is 2.09 bits per heavy atom. The van der Waals surface area contributed by atoms with E-state index in [0.29, 0.717) is 23.4 Å². The highest BCUT2D eigenvalue weighted by Gasteiger charge is 2.29. The van der Waals surface area contributed by atoms with E-state index in [1.165, 1.54) is 44.5 Å². The number of nitrogens with zero attached hydrogens (tertiary/aromatic N) is 3. The normalized spacial score (nSPS) is 15.9. The molecule has 0 spiro atoms. The van der Waals surface area contributed by atoms with Crippen molar-refractivity contribution in [3.63, 3.8) is 0 Å². The Balaban J connectivity index is 1.07. The molecule has 272 valence electrons. The van der Waals surface area contributed by atoms with E-state index in [-0.39, 0.29) is 0 Å². The highest BCUT2D eigenvalue weighted by Crippen LogP contribution is 2.49. The number of hydrogen-bond donors (Lipinski definition) is 0. The van der Waals surface area contributed by atoms with Gasteiger partial charge in [-0.25, -0.2) is 15.0 Å². The van der Waals surface area contributed by atoms with Gasteiger partial charge < -0.3 is 4.42 Å². The summed E-state index contributed by atoms with van der Waals surface area (Å²) in [5.74, 6) is 2.29. The standard InChI is InChI=1S/C53H39N3O/c1-33-41-20-8-9-21-43(41)44-24-13-23-42(49(33)44)38-18-12-19-39(30-38)46-31-40(32-48-50(46)45-22-10-11-25-47(45)57-48)53-55-51(36-16-6-3-7-17-36)54-52(56-53)37-28-26-35(27-29-37)34-14-4-2-5-15-34/h2,4-6,8-11,13-17,19-33H,3,7,12,18H2,1H3. The quantitative estimate of drug-likeness (QED) is 0.171. The largest absolute Gasteiger partial charge is 0.456 e. The zero-order chi connectivity index (χ0) is 37.9. The van der Waals surface area contributed by atoms with Crippen molar-refractivity contribution in [2.45, 2.75) is 38.5 Å². The second kappa shape index (κ2) is 13.7. The van der Waals surface area contributed by atoms with Gasteiger partial charge in [-0.3, -0.25) is 0 Å². The molecule has 6 aromatic carbocycles. The molecule has 3 aliphatic rings. The third kappa shape index (κ3) is 5.79. The molecule has 2 aromatic heterocycles. The molecular formula is C53H39N3O. The average Bonchev–Trinajstić information content (AvgIpc) is 3.81. The number of allylic oxidation sites excluding steroid dienone is 8. The fourth-order valence-corrected chi connectivity index (χ4v) is 9.12. The van der Waals surface area contributed by atoms with Crippen LogP contribution in [0.25, 0.3) is 83.7 Å². The Bertz CT molecular complexity index is 3020. The van der Waals surface area contributed by atoms with Gasteiger partial charge in [-0.15, -0.1) is 0 Å². The summed E-state index contributed by atoms with van der Waals surface area (Å²) >= 11 is 0. The minimum Gasteiger partial charge on any atom is -0.456 e. The van der Waals surface area contributed by atoms with Crippen LogP contribution in [-0.2, 0) is 0 Å². The molecule has 0 fully saturated rings. The Hall–Kier alpha value is -6.91. The number of hydrogen-bond acceptors (Lipinski definition) is 4. The molecular weight excluding hydrogens is 695 g/mol. The molecule has 0 amide bonds. The topological polar surface area (TPSA) is 51.8 Å². The molecule has 0 aliphatic heterocycles. The summed E-state index contributed by atoms with van der Waals surface area (Å²) < 4.78 is 6.64. The minimum atomic E-state index is 0.339. The lowest BCUT2D eigenvalue weighted by molar-refractivity contribution is 0.669. The Labute approximate surface area is 332 Å². The van der Waals surface area contributed by atoms with Gasteiger partial charge in [0.1, 0.15) is 11.2 Å². The molecule has 4 nitrogen and oxygen atoms in total. The van der Waals surface area contributed by atoms with Gasteiger partial charge in [-0.1, -0.05) is 153 Å². The van der Waals surface area contributed by atoms with Crippen molar-refractivity contribution in [3.05, 3.63) is 192 Å². The molecule has 11 rings (SSSR count). The summed E-state index contributed by atoms with van der Waals surface area (Å²) in [7, 11) is 0. The van der Waals surface area contributed by atoms with Crippen LogP contribution in [0.3, 0.4) is 0 Å². The Morgan fingerprint density at radius 1 is 0.526 bits per heavy atom. The van der Waals surface area contributed by atoms with Crippen LogP contribution in [0.5, 0.6) is 0 Å². The molecule has 0 N–H and O–H groups in total.